The van der Waals surface area contributed by atoms with Crippen LogP contribution in [0, 0.1) is 6.92 Å². The lowest BCUT2D eigenvalue weighted by atomic mass is 10.1. The van der Waals surface area contributed by atoms with E-state index in [1.165, 1.54) is 4.90 Å². The molecule has 1 aromatic carbocycles. The van der Waals surface area contributed by atoms with Crippen molar-refractivity contribution in [1.82, 2.24) is 4.98 Å². The second kappa shape index (κ2) is 6.35. The average Bonchev–Trinajstić information content (AvgIpc) is 2.44. The molecule has 0 aliphatic rings. The van der Waals surface area contributed by atoms with Gasteiger partial charge in [-0.25, -0.2) is 0 Å². The maximum atomic E-state index is 12.6. The maximum absolute atomic E-state index is 12.6. The van der Waals surface area contributed by atoms with Crippen LogP contribution in [-0.2, 0) is 6.54 Å². The predicted octanol–water partition coefficient (Wildman–Crippen LogP) is 1.59. The zero-order chi connectivity index (χ0) is 14.5. The summed E-state index contributed by atoms with van der Waals surface area (Å²) in [5, 5.41) is 0.754. The molecule has 0 saturated carbocycles. The summed E-state index contributed by atoms with van der Waals surface area (Å²) in [5.74, 6) is 0. The van der Waals surface area contributed by atoms with Crippen LogP contribution in [-0.4, -0.2) is 18.1 Å². The molecule has 2 N–H and O–H groups in total. The van der Waals surface area contributed by atoms with E-state index in [0.29, 0.717) is 6.54 Å². The average molecular weight is 269 g/mol. The standard InChI is InChI=1S/C17H20N2O/c1-4-10-19(11-5-2)12-15-13(3)18-16-9-7-6-8-14(16)17(15)20/h4-9H,1-2,10-12H2,3H3,(H,18,20)/p+1. The van der Waals surface area contributed by atoms with Gasteiger partial charge in [-0.1, -0.05) is 25.3 Å². The monoisotopic (exact) mass is 269 g/mol. The first-order valence-electron chi connectivity index (χ1n) is 6.83. The molecule has 20 heavy (non-hydrogen) atoms. The third-order valence-electron chi connectivity index (χ3n) is 3.51. The highest BCUT2D eigenvalue weighted by Gasteiger charge is 2.14. The van der Waals surface area contributed by atoms with Crippen LogP contribution in [0.3, 0.4) is 0 Å². The molecule has 0 amide bonds. The third-order valence-corrected chi connectivity index (χ3v) is 3.51. The topological polar surface area (TPSA) is 37.3 Å². The minimum atomic E-state index is 0.127. The fourth-order valence-electron chi connectivity index (χ4n) is 2.50. The second-order valence-corrected chi connectivity index (χ2v) is 5.02. The Balaban J connectivity index is 2.45. The number of quaternary nitrogens is 1. The fourth-order valence-corrected chi connectivity index (χ4v) is 2.50. The first-order chi connectivity index (χ1) is 9.67. The minimum absolute atomic E-state index is 0.127. The molecular formula is C17H21N2O+. The van der Waals surface area contributed by atoms with E-state index in [2.05, 4.69) is 18.1 Å². The van der Waals surface area contributed by atoms with E-state index in [-0.39, 0.29) is 5.43 Å². The van der Waals surface area contributed by atoms with Gasteiger partial charge in [-0.05, 0) is 31.2 Å². The van der Waals surface area contributed by atoms with Crippen molar-refractivity contribution < 1.29 is 4.90 Å². The number of aromatic nitrogens is 1. The van der Waals surface area contributed by atoms with Crippen molar-refractivity contribution in [2.45, 2.75) is 13.5 Å². The third kappa shape index (κ3) is 2.89. The van der Waals surface area contributed by atoms with Gasteiger partial charge < -0.3 is 9.88 Å². The Morgan fingerprint density at radius 1 is 1.20 bits per heavy atom. The van der Waals surface area contributed by atoms with E-state index in [1.54, 1.807) is 0 Å². The van der Waals surface area contributed by atoms with Crippen LogP contribution >= 0.6 is 0 Å². The number of rotatable bonds is 6. The number of fused-ring (bicyclic) bond motifs is 1. The molecule has 3 heteroatoms. The van der Waals surface area contributed by atoms with Crippen molar-refractivity contribution >= 4 is 10.9 Å². The summed E-state index contributed by atoms with van der Waals surface area (Å²) < 4.78 is 0. The summed E-state index contributed by atoms with van der Waals surface area (Å²) in [5.41, 5.74) is 2.82. The van der Waals surface area contributed by atoms with Gasteiger partial charge in [0.15, 0.2) is 5.43 Å². The van der Waals surface area contributed by atoms with E-state index in [4.69, 9.17) is 0 Å². The Bertz CT molecular complexity index is 675. The molecular weight excluding hydrogens is 248 g/mol. The normalized spacial score (nSPS) is 10.9. The van der Waals surface area contributed by atoms with Crippen LogP contribution < -0.4 is 10.3 Å². The summed E-state index contributed by atoms with van der Waals surface area (Å²) in [7, 11) is 0. The Kier molecular flexibility index (Phi) is 4.53. The number of hydrogen-bond acceptors (Lipinski definition) is 1. The van der Waals surface area contributed by atoms with Crippen molar-refractivity contribution in [2.24, 2.45) is 0 Å². The number of benzene rings is 1. The largest absolute Gasteiger partial charge is 0.358 e. The van der Waals surface area contributed by atoms with Crippen molar-refractivity contribution in [2.75, 3.05) is 13.1 Å². The van der Waals surface area contributed by atoms with Crippen LogP contribution in [0.5, 0.6) is 0 Å². The molecule has 1 heterocycles. The van der Waals surface area contributed by atoms with Gasteiger partial charge >= 0.3 is 0 Å². The van der Waals surface area contributed by atoms with Gasteiger partial charge in [0, 0.05) is 16.6 Å². The van der Waals surface area contributed by atoms with E-state index in [0.717, 1.165) is 35.2 Å². The number of aromatic amines is 1. The number of H-pyrrole nitrogens is 1. The molecule has 0 radical (unpaired) electrons. The lowest BCUT2D eigenvalue weighted by Crippen LogP contribution is -3.10. The molecule has 0 bridgehead atoms. The maximum Gasteiger partial charge on any atom is 0.198 e. The molecule has 0 fully saturated rings. The lowest BCUT2D eigenvalue weighted by Gasteiger charge is -2.17. The van der Waals surface area contributed by atoms with Gasteiger partial charge in [-0.15, -0.1) is 0 Å². The zero-order valence-electron chi connectivity index (χ0n) is 11.9. The Morgan fingerprint density at radius 2 is 1.85 bits per heavy atom. The summed E-state index contributed by atoms with van der Waals surface area (Å²) in [6.07, 6.45) is 3.76. The number of aryl methyl sites for hydroxylation is 1. The number of para-hydroxylation sites is 1. The smallest absolute Gasteiger partial charge is 0.198 e. The Hall–Kier alpha value is -2.13. The summed E-state index contributed by atoms with van der Waals surface area (Å²) in [4.78, 5) is 17.2. The predicted molar refractivity (Wildman–Crippen MR) is 84.1 cm³/mol. The molecule has 104 valence electrons. The second-order valence-electron chi connectivity index (χ2n) is 5.02. The zero-order valence-corrected chi connectivity index (χ0v) is 11.9. The molecule has 0 unspecified atom stereocenters. The SMILES string of the molecule is C=CC[NH+](CC=C)Cc1c(C)[nH]c2ccccc2c1=O. The van der Waals surface area contributed by atoms with Gasteiger partial charge in [0.05, 0.1) is 18.7 Å². The fraction of sp³-hybridized carbons (Fsp3) is 0.235. The first kappa shape index (κ1) is 14.3. The quantitative estimate of drug-likeness (QED) is 0.768. The van der Waals surface area contributed by atoms with Crippen molar-refractivity contribution in [3.63, 3.8) is 0 Å². The Labute approximate surface area is 119 Å². The van der Waals surface area contributed by atoms with Crippen molar-refractivity contribution in [3.05, 3.63) is 71.1 Å². The lowest BCUT2D eigenvalue weighted by molar-refractivity contribution is -0.902. The van der Waals surface area contributed by atoms with Crippen LogP contribution in [0.4, 0.5) is 0 Å². The molecule has 3 nitrogen and oxygen atoms in total. The molecule has 0 spiro atoms. The van der Waals surface area contributed by atoms with Gasteiger partial charge in [-0.2, -0.15) is 0 Å². The van der Waals surface area contributed by atoms with Crippen LogP contribution in [0.1, 0.15) is 11.3 Å². The molecule has 2 aromatic rings. The highest BCUT2D eigenvalue weighted by Crippen LogP contribution is 2.10. The molecule has 0 aliphatic carbocycles. The molecule has 2 rings (SSSR count). The Morgan fingerprint density at radius 3 is 2.50 bits per heavy atom. The van der Waals surface area contributed by atoms with Gasteiger partial charge in [0.1, 0.15) is 6.54 Å². The number of nitrogens with one attached hydrogen (secondary N) is 2. The molecule has 1 aromatic heterocycles. The van der Waals surface area contributed by atoms with Gasteiger partial charge in [0.25, 0.3) is 0 Å². The summed E-state index contributed by atoms with van der Waals surface area (Å²) >= 11 is 0. The van der Waals surface area contributed by atoms with Gasteiger partial charge in [-0.3, -0.25) is 4.79 Å². The van der Waals surface area contributed by atoms with Crippen LogP contribution in [0.15, 0.2) is 54.4 Å². The first-order valence-corrected chi connectivity index (χ1v) is 6.83. The highest BCUT2D eigenvalue weighted by molar-refractivity contribution is 5.79. The molecule has 0 saturated heterocycles. The van der Waals surface area contributed by atoms with E-state index in [9.17, 15) is 4.79 Å². The van der Waals surface area contributed by atoms with Crippen LogP contribution in [0.2, 0.25) is 0 Å². The van der Waals surface area contributed by atoms with E-state index >= 15 is 0 Å². The van der Waals surface area contributed by atoms with E-state index < -0.39 is 0 Å². The van der Waals surface area contributed by atoms with Crippen molar-refractivity contribution in [1.29, 1.82) is 0 Å². The number of hydrogen-bond donors (Lipinski definition) is 2. The molecule has 0 aliphatic heterocycles. The molecule has 0 atom stereocenters. The highest BCUT2D eigenvalue weighted by atomic mass is 16.1. The van der Waals surface area contributed by atoms with E-state index in [1.807, 2.05) is 43.3 Å². The summed E-state index contributed by atoms with van der Waals surface area (Å²) in [6.45, 7) is 11.8. The van der Waals surface area contributed by atoms with Crippen molar-refractivity contribution in [3.8, 4) is 0 Å². The minimum Gasteiger partial charge on any atom is -0.358 e. The van der Waals surface area contributed by atoms with Gasteiger partial charge in [0.2, 0.25) is 0 Å². The number of pyridine rings is 1. The summed E-state index contributed by atoms with van der Waals surface area (Å²) in [6, 6.07) is 7.64. The van der Waals surface area contributed by atoms with Crippen LogP contribution in [0.25, 0.3) is 10.9 Å².